The molecule has 0 bridgehead atoms. The Balaban J connectivity index is 2.48. The SMILES string of the molecule is COc1cccc(CC(CO)CCCSC)c1. The minimum absolute atomic E-state index is 0.269. The van der Waals surface area contributed by atoms with Crippen LogP contribution in [0.4, 0.5) is 0 Å². The molecule has 2 nitrogen and oxygen atoms in total. The van der Waals surface area contributed by atoms with Crippen LogP contribution in [0.25, 0.3) is 0 Å². The van der Waals surface area contributed by atoms with Crippen molar-refractivity contribution in [1.29, 1.82) is 0 Å². The van der Waals surface area contributed by atoms with Crippen LogP contribution < -0.4 is 4.74 Å². The lowest BCUT2D eigenvalue weighted by Crippen LogP contribution is -2.10. The van der Waals surface area contributed by atoms with Crippen molar-refractivity contribution in [1.82, 2.24) is 0 Å². The lowest BCUT2D eigenvalue weighted by atomic mass is 9.96. The Morgan fingerprint density at radius 3 is 2.88 bits per heavy atom. The topological polar surface area (TPSA) is 29.5 Å². The number of aliphatic hydroxyl groups excluding tert-OH is 1. The predicted molar refractivity (Wildman–Crippen MR) is 74.9 cm³/mol. The minimum Gasteiger partial charge on any atom is -0.497 e. The first kappa shape index (κ1) is 14.4. The Bertz CT molecular complexity index is 315. The van der Waals surface area contributed by atoms with Crippen molar-refractivity contribution < 1.29 is 9.84 Å². The van der Waals surface area contributed by atoms with E-state index in [0.717, 1.165) is 18.6 Å². The molecular weight excluding hydrogens is 232 g/mol. The molecule has 0 amide bonds. The summed E-state index contributed by atoms with van der Waals surface area (Å²) in [6, 6.07) is 8.10. The minimum atomic E-state index is 0.269. The highest BCUT2D eigenvalue weighted by Gasteiger charge is 2.08. The van der Waals surface area contributed by atoms with E-state index in [0.29, 0.717) is 5.92 Å². The number of benzene rings is 1. The number of thioether (sulfide) groups is 1. The average Bonchev–Trinajstić information content (AvgIpc) is 2.38. The lowest BCUT2D eigenvalue weighted by Gasteiger charge is -2.14. The van der Waals surface area contributed by atoms with Crippen molar-refractivity contribution >= 4 is 11.8 Å². The van der Waals surface area contributed by atoms with Gasteiger partial charge in [-0.25, -0.2) is 0 Å². The van der Waals surface area contributed by atoms with Gasteiger partial charge in [-0.15, -0.1) is 0 Å². The van der Waals surface area contributed by atoms with Gasteiger partial charge >= 0.3 is 0 Å². The molecule has 1 rings (SSSR count). The van der Waals surface area contributed by atoms with Crippen LogP contribution in [0.3, 0.4) is 0 Å². The molecule has 0 aromatic heterocycles. The van der Waals surface area contributed by atoms with Crippen LogP contribution >= 0.6 is 11.8 Å². The molecule has 3 heteroatoms. The van der Waals surface area contributed by atoms with Crippen LogP contribution in [-0.4, -0.2) is 30.8 Å². The second-order valence-corrected chi connectivity index (χ2v) is 5.22. The van der Waals surface area contributed by atoms with E-state index in [2.05, 4.69) is 18.4 Å². The Labute approximate surface area is 108 Å². The van der Waals surface area contributed by atoms with Gasteiger partial charge in [-0.3, -0.25) is 0 Å². The number of hydrogen-bond acceptors (Lipinski definition) is 3. The van der Waals surface area contributed by atoms with E-state index in [1.165, 1.54) is 17.7 Å². The monoisotopic (exact) mass is 254 g/mol. The second-order valence-electron chi connectivity index (χ2n) is 4.24. The predicted octanol–water partition coefficient (Wildman–Crippen LogP) is 2.99. The molecule has 1 atom stereocenters. The van der Waals surface area contributed by atoms with Crippen molar-refractivity contribution in [2.24, 2.45) is 5.92 Å². The number of hydrogen-bond donors (Lipinski definition) is 1. The molecule has 0 aliphatic carbocycles. The highest BCUT2D eigenvalue weighted by atomic mass is 32.2. The van der Waals surface area contributed by atoms with E-state index >= 15 is 0 Å². The van der Waals surface area contributed by atoms with E-state index in [9.17, 15) is 5.11 Å². The van der Waals surface area contributed by atoms with Crippen molar-refractivity contribution in [3.8, 4) is 5.75 Å². The number of methoxy groups -OCH3 is 1. The van der Waals surface area contributed by atoms with Gasteiger partial charge in [0.1, 0.15) is 5.75 Å². The Morgan fingerprint density at radius 2 is 2.24 bits per heavy atom. The number of ether oxygens (including phenoxy) is 1. The van der Waals surface area contributed by atoms with Crippen molar-refractivity contribution in [2.45, 2.75) is 19.3 Å². The van der Waals surface area contributed by atoms with E-state index in [1.54, 1.807) is 7.11 Å². The molecule has 1 unspecified atom stereocenters. The van der Waals surface area contributed by atoms with E-state index in [1.807, 2.05) is 23.9 Å². The third kappa shape index (κ3) is 5.46. The molecule has 1 aromatic carbocycles. The fourth-order valence-corrected chi connectivity index (χ4v) is 2.36. The summed E-state index contributed by atoms with van der Waals surface area (Å²) in [6.45, 7) is 0.269. The Kier molecular flexibility index (Phi) is 7.13. The molecule has 0 aliphatic rings. The standard InChI is InChI=1S/C14H22O2S/c1-16-14-7-3-5-12(10-14)9-13(11-15)6-4-8-17-2/h3,5,7,10,13,15H,4,6,8-9,11H2,1-2H3. The first-order chi connectivity index (χ1) is 8.30. The summed E-state index contributed by atoms with van der Waals surface area (Å²) in [5.41, 5.74) is 1.24. The third-order valence-corrected chi connectivity index (χ3v) is 3.57. The van der Waals surface area contributed by atoms with Gasteiger partial charge in [-0.1, -0.05) is 12.1 Å². The molecule has 0 radical (unpaired) electrons. The van der Waals surface area contributed by atoms with Gasteiger partial charge in [0, 0.05) is 6.61 Å². The molecule has 96 valence electrons. The van der Waals surface area contributed by atoms with Crippen LogP contribution in [0.2, 0.25) is 0 Å². The van der Waals surface area contributed by atoms with Gasteiger partial charge in [-0.2, -0.15) is 11.8 Å². The second kappa shape index (κ2) is 8.43. The molecule has 0 saturated heterocycles. The van der Waals surface area contributed by atoms with Gasteiger partial charge in [0.25, 0.3) is 0 Å². The Hall–Kier alpha value is -0.670. The molecule has 17 heavy (non-hydrogen) atoms. The maximum Gasteiger partial charge on any atom is 0.119 e. The first-order valence-electron chi connectivity index (χ1n) is 6.03. The molecule has 1 N–H and O–H groups in total. The van der Waals surface area contributed by atoms with E-state index in [4.69, 9.17) is 4.74 Å². The molecular formula is C14H22O2S. The summed E-state index contributed by atoms with van der Waals surface area (Å²) in [5.74, 6) is 2.44. The van der Waals surface area contributed by atoms with Gasteiger partial charge < -0.3 is 9.84 Å². The zero-order valence-electron chi connectivity index (χ0n) is 10.7. The zero-order chi connectivity index (χ0) is 12.5. The van der Waals surface area contributed by atoms with Crippen LogP contribution in [0.1, 0.15) is 18.4 Å². The van der Waals surface area contributed by atoms with Crippen molar-refractivity contribution in [2.75, 3.05) is 25.7 Å². The highest BCUT2D eigenvalue weighted by Crippen LogP contribution is 2.19. The number of rotatable bonds is 8. The largest absolute Gasteiger partial charge is 0.497 e. The summed E-state index contributed by atoms with van der Waals surface area (Å²) >= 11 is 1.86. The molecule has 0 spiro atoms. The third-order valence-electron chi connectivity index (χ3n) is 2.88. The first-order valence-corrected chi connectivity index (χ1v) is 7.42. The fourth-order valence-electron chi connectivity index (χ4n) is 1.91. The van der Waals surface area contributed by atoms with Crippen LogP contribution in [0.15, 0.2) is 24.3 Å². The van der Waals surface area contributed by atoms with Crippen LogP contribution in [0.5, 0.6) is 5.75 Å². The molecule has 0 saturated carbocycles. The summed E-state index contributed by atoms with van der Waals surface area (Å²) in [5, 5.41) is 9.38. The molecule has 1 aromatic rings. The summed E-state index contributed by atoms with van der Waals surface area (Å²) in [7, 11) is 1.68. The van der Waals surface area contributed by atoms with Crippen LogP contribution in [0, 0.1) is 5.92 Å². The summed E-state index contributed by atoms with van der Waals surface area (Å²) in [6.07, 6.45) is 5.32. The van der Waals surface area contributed by atoms with Gasteiger partial charge in [-0.05, 0) is 54.9 Å². The fraction of sp³-hybridized carbons (Fsp3) is 0.571. The maximum absolute atomic E-state index is 9.38. The lowest BCUT2D eigenvalue weighted by molar-refractivity contribution is 0.217. The number of aliphatic hydroxyl groups is 1. The van der Waals surface area contributed by atoms with Crippen molar-refractivity contribution in [3.05, 3.63) is 29.8 Å². The maximum atomic E-state index is 9.38. The van der Waals surface area contributed by atoms with Gasteiger partial charge in [0.05, 0.1) is 7.11 Å². The summed E-state index contributed by atoms with van der Waals surface area (Å²) < 4.78 is 5.20. The molecule has 0 heterocycles. The van der Waals surface area contributed by atoms with E-state index in [-0.39, 0.29) is 6.61 Å². The quantitative estimate of drug-likeness (QED) is 0.723. The van der Waals surface area contributed by atoms with Crippen molar-refractivity contribution in [3.63, 3.8) is 0 Å². The molecule has 0 fully saturated rings. The smallest absolute Gasteiger partial charge is 0.119 e. The van der Waals surface area contributed by atoms with Gasteiger partial charge in [0.15, 0.2) is 0 Å². The zero-order valence-corrected chi connectivity index (χ0v) is 11.5. The van der Waals surface area contributed by atoms with Crippen LogP contribution in [-0.2, 0) is 6.42 Å². The normalized spacial score (nSPS) is 12.4. The Morgan fingerprint density at radius 1 is 1.41 bits per heavy atom. The highest BCUT2D eigenvalue weighted by molar-refractivity contribution is 7.98. The molecule has 0 aliphatic heterocycles. The summed E-state index contributed by atoms with van der Waals surface area (Å²) in [4.78, 5) is 0. The van der Waals surface area contributed by atoms with Gasteiger partial charge in [0.2, 0.25) is 0 Å². The van der Waals surface area contributed by atoms with E-state index < -0.39 is 0 Å². The average molecular weight is 254 g/mol.